The van der Waals surface area contributed by atoms with Gasteiger partial charge in [0, 0.05) is 26.6 Å². The van der Waals surface area contributed by atoms with Crippen molar-refractivity contribution in [1.82, 2.24) is 10.2 Å². The van der Waals surface area contributed by atoms with Gasteiger partial charge in [-0.15, -0.1) is 0 Å². The van der Waals surface area contributed by atoms with Gasteiger partial charge in [0.1, 0.15) is 5.82 Å². The summed E-state index contributed by atoms with van der Waals surface area (Å²) in [6.45, 7) is 0.653. The second kappa shape index (κ2) is 6.45. The first-order valence-corrected chi connectivity index (χ1v) is 6.46. The van der Waals surface area contributed by atoms with Crippen molar-refractivity contribution in [3.63, 3.8) is 0 Å². The number of amides is 3. The third-order valence-corrected chi connectivity index (χ3v) is 3.14. The number of benzene rings is 1. The molecule has 1 aromatic carbocycles. The van der Waals surface area contributed by atoms with Crippen LogP contribution in [0.1, 0.15) is 27.1 Å². The molecule has 0 spiro atoms. The van der Waals surface area contributed by atoms with E-state index in [9.17, 15) is 18.8 Å². The Kier molecular flexibility index (Phi) is 4.64. The molecule has 0 aliphatic carbocycles. The van der Waals surface area contributed by atoms with Crippen molar-refractivity contribution in [1.29, 1.82) is 0 Å². The molecule has 0 aromatic heterocycles. The van der Waals surface area contributed by atoms with Crippen molar-refractivity contribution >= 4 is 17.7 Å². The first-order chi connectivity index (χ1) is 10.1. The molecule has 0 saturated heterocycles. The number of fused-ring (bicyclic) bond motifs is 1. The maximum absolute atomic E-state index is 13.6. The number of rotatable bonds is 6. The normalized spacial score (nSPS) is 13.5. The van der Waals surface area contributed by atoms with E-state index in [0.717, 1.165) is 11.0 Å². The van der Waals surface area contributed by atoms with Crippen molar-refractivity contribution in [2.45, 2.75) is 6.42 Å². The number of methoxy groups -OCH3 is 1. The number of halogens is 1. The molecule has 1 aliphatic rings. The Morgan fingerprint density at radius 2 is 2.10 bits per heavy atom. The number of hydrogen-bond acceptors (Lipinski definition) is 4. The smallest absolute Gasteiger partial charge is 0.264 e. The third-order valence-electron chi connectivity index (χ3n) is 3.14. The summed E-state index contributed by atoms with van der Waals surface area (Å²) in [5, 5.41) is 2.58. The van der Waals surface area contributed by atoms with Gasteiger partial charge in [-0.25, -0.2) is 4.39 Å². The fourth-order valence-electron chi connectivity index (χ4n) is 2.09. The van der Waals surface area contributed by atoms with Gasteiger partial charge in [0.05, 0.1) is 17.7 Å². The molecule has 0 radical (unpaired) electrons. The quantitative estimate of drug-likeness (QED) is 0.615. The molecule has 0 atom stereocenters. The average Bonchev–Trinajstić information content (AvgIpc) is 2.70. The van der Waals surface area contributed by atoms with Gasteiger partial charge in [0.15, 0.2) is 0 Å². The maximum Gasteiger partial charge on any atom is 0.264 e. The molecule has 0 fully saturated rings. The van der Waals surface area contributed by atoms with Crippen LogP contribution >= 0.6 is 0 Å². The van der Waals surface area contributed by atoms with Crippen LogP contribution in [0.25, 0.3) is 0 Å². The monoisotopic (exact) mass is 294 g/mol. The minimum Gasteiger partial charge on any atom is -0.383 e. The minimum absolute atomic E-state index is 0.0310. The van der Waals surface area contributed by atoms with Gasteiger partial charge in [-0.1, -0.05) is 6.07 Å². The van der Waals surface area contributed by atoms with Crippen molar-refractivity contribution in [2.24, 2.45) is 0 Å². The molecule has 1 N–H and O–H groups in total. The first-order valence-electron chi connectivity index (χ1n) is 6.46. The largest absolute Gasteiger partial charge is 0.383 e. The average molecular weight is 294 g/mol. The van der Waals surface area contributed by atoms with E-state index in [1.165, 1.54) is 19.2 Å². The fourth-order valence-corrected chi connectivity index (χ4v) is 2.09. The highest BCUT2D eigenvalue weighted by Crippen LogP contribution is 2.25. The summed E-state index contributed by atoms with van der Waals surface area (Å²) in [6.07, 6.45) is -0.0310. The third kappa shape index (κ3) is 3.08. The van der Waals surface area contributed by atoms with Crippen molar-refractivity contribution < 1.29 is 23.5 Å². The highest BCUT2D eigenvalue weighted by Gasteiger charge is 2.37. The molecule has 1 heterocycles. The summed E-state index contributed by atoms with van der Waals surface area (Å²) in [6, 6.07) is 3.91. The summed E-state index contributed by atoms with van der Waals surface area (Å²) < 4.78 is 18.4. The van der Waals surface area contributed by atoms with Crippen LogP contribution in [0.3, 0.4) is 0 Å². The molecular formula is C14H15FN2O4. The fraction of sp³-hybridized carbons (Fsp3) is 0.357. The van der Waals surface area contributed by atoms with E-state index < -0.39 is 17.6 Å². The lowest BCUT2D eigenvalue weighted by Gasteiger charge is -2.13. The number of nitrogens with one attached hydrogen (secondary N) is 1. The molecule has 3 amide bonds. The van der Waals surface area contributed by atoms with Crippen LogP contribution in [-0.4, -0.2) is 49.4 Å². The number of carbonyl (C=O) groups is 3. The zero-order valence-corrected chi connectivity index (χ0v) is 11.5. The van der Waals surface area contributed by atoms with Crippen LogP contribution in [0.2, 0.25) is 0 Å². The number of nitrogens with zero attached hydrogens (tertiary/aromatic N) is 1. The predicted molar refractivity (Wildman–Crippen MR) is 71.3 cm³/mol. The number of imide groups is 1. The van der Waals surface area contributed by atoms with Gasteiger partial charge in [0.2, 0.25) is 5.91 Å². The Morgan fingerprint density at radius 3 is 2.76 bits per heavy atom. The number of hydrogen-bond donors (Lipinski definition) is 1. The summed E-state index contributed by atoms with van der Waals surface area (Å²) >= 11 is 0. The molecule has 21 heavy (non-hydrogen) atoms. The highest BCUT2D eigenvalue weighted by molar-refractivity contribution is 6.21. The Balaban J connectivity index is 1.98. The van der Waals surface area contributed by atoms with Crippen molar-refractivity contribution in [3.05, 3.63) is 35.1 Å². The van der Waals surface area contributed by atoms with Crippen molar-refractivity contribution in [3.8, 4) is 0 Å². The van der Waals surface area contributed by atoms with Gasteiger partial charge in [-0.3, -0.25) is 19.3 Å². The molecule has 6 nitrogen and oxygen atoms in total. The van der Waals surface area contributed by atoms with Gasteiger partial charge in [0.25, 0.3) is 11.8 Å². The van der Waals surface area contributed by atoms with Crippen LogP contribution < -0.4 is 5.32 Å². The topological polar surface area (TPSA) is 75.7 Å². The molecule has 7 heteroatoms. The van der Waals surface area contributed by atoms with E-state index in [4.69, 9.17) is 4.74 Å². The second-order valence-electron chi connectivity index (χ2n) is 4.52. The molecular weight excluding hydrogens is 279 g/mol. The van der Waals surface area contributed by atoms with E-state index in [1.807, 2.05) is 0 Å². The van der Waals surface area contributed by atoms with Crippen molar-refractivity contribution in [2.75, 3.05) is 26.8 Å². The summed E-state index contributed by atoms with van der Waals surface area (Å²) in [4.78, 5) is 36.5. The molecule has 1 aromatic rings. The van der Waals surface area contributed by atoms with E-state index in [1.54, 1.807) is 0 Å². The Hall–Kier alpha value is -2.28. The first kappa shape index (κ1) is 15.1. The SMILES string of the molecule is COCCNC(=O)CCN1C(=O)c2cccc(F)c2C1=O. The minimum atomic E-state index is -0.724. The van der Waals surface area contributed by atoms with Crippen LogP contribution in [0.15, 0.2) is 18.2 Å². The zero-order chi connectivity index (χ0) is 15.4. The van der Waals surface area contributed by atoms with Gasteiger partial charge in [-0.05, 0) is 12.1 Å². The number of carbonyl (C=O) groups excluding carboxylic acids is 3. The second-order valence-corrected chi connectivity index (χ2v) is 4.52. The lowest BCUT2D eigenvalue weighted by atomic mass is 10.1. The van der Waals surface area contributed by atoms with E-state index >= 15 is 0 Å². The van der Waals surface area contributed by atoms with E-state index in [-0.39, 0.29) is 30.0 Å². The highest BCUT2D eigenvalue weighted by atomic mass is 19.1. The molecule has 0 unspecified atom stereocenters. The molecule has 2 rings (SSSR count). The van der Waals surface area contributed by atoms with E-state index in [0.29, 0.717) is 13.2 Å². The van der Waals surface area contributed by atoms with Crippen LogP contribution in [0, 0.1) is 5.82 Å². The lowest BCUT2D eigenvalue weighted by Crippen LogP contribution is -2.35. The van der Waals surface area contributed by atoms with Crippen LogP contribution in [0.5, 0.6) is 0 Å². The van der Waals surface area contributed by atoms with Crippen LogP contribution in [0.4, 0.5) is 4.39 Å². The maximum atomic E-state index is 13.6. The molecule has 0 saturated carbocycles. The van der Waals surface area contributed by atoms with Gasteiger partial charge >= 0.3 is 0 Å². The summed E-state index contributed by atoms with van der Waals surface area (Å²) in [7, 11) is 1.51. The van der Waals surface area contributed by atoms with Gasteiger partial charge < -0.3 is 10.1 Å². The Labute approximate surface area is 120 Å². The van der Waals surface area contributed by atoms with Gasteiger partial charge in [-0.2, -0.15) is 0 Å². The standard InChI is InChI=1S/C14H15FN2O4/c1-21-8-6-16-11(18)5-7-17-13(19)9-3-2-4-10(15)12(9)14(17)20/h2-4H,5-8H2,1H3,(H,16,18). The molecule has 0 bridgehead atoms. The van der Waals surface area contributed by atoms with E-state index in [2.05, 4.69) is 5.32 Å². The lowest BCUT2D eigenvalue weighted by molar-refractivity contribution is -0.121. The predicted octanol–water partition coefficient (Wildman–Crippen LogP) is 0.574. The summed E-state index contributed by atoms with van der Waals surface area (Å²) in [5.74, 6) is -2.29. The zero-order valence-electron chi connectivity index (χ0n) is 11.5. The number of ether oxygens (including phenoxy) is 1. The molecule has 112 valence electrons. The van der Waals surface area contributed by atoms with Crippen LogP contribution in [-0.2, 0) is 9.53 Å². The summed E-state index contributed by atoms with van der Waals surface area (Å²) in [5.41, 5.74) is -0.179. The Morgan fingerprint density at radius 1 is 1.33 bits per heavy atom. The molecule has 1 aliphatic heterocycles. The Bertz CT molecular complexity index is 588.